The van der Waals surface area contributed by atoms with Gasteiger partial charge in [-0.05, 0) is 61.7 Å². The van der Waals surface area contributed by atoms with Crippen molar-refractivity contribution in [3.63, 3.8) is 0 Å². The molecule has 1 fully saturated rings. The number of carbonyl (C=O) groups is 2. The van der Waals surface area contributed by atoms with Gasteiger partial charge >= 0.3 is 5.97 Å². The zero-order valence-electron chi connectivity index (χ0n) is 18.0. The van der Waals surface area contributed by atoms with Crippen molar-refractivity contribution in [1.82, 2.24) is 4.31 Å². The highest BCUT2D eigenvalue weighted by Gasteiger charge is 2.44. The summed E-state index contributed by atoms with van der Waals surface area (Å²) in [5.41, 5.74) is 3.01. The lowest BCUT2D eigenvalue weighted by Crippen LogP contribution is -2.42. The first kappa shape index (κ1) is 24.2. The predicted molar refractivity (Wildman–Crippen MR) is 120 cm³/mol. The number of anilines is 1. The summed E-state index contributed by atoms with van der Waals surface area (Å²) < 4.78 is 32.2. The molecule has 2 unspecified atom stereocenters. The van der Waals surface area contributed by atoms with E-state index in [9.17, 15) is 23.1 Å². The standard InChI is InChI=1S/C22H25ClN2O6S/c1-13-5-7-18(8-15(13)3)32(29,30)25-11-17(26)10-20(25)22(28)31-12-21(27)24-16-6-4-14(2)19(23)9-16/h4-9,17,20,26H,10-12H2,1-3H3,(H,24,27). The van der Waals surface area contributed by atoms with E-state index in [1.165, 1.54) is 12.1 Å². The van der Waals surface area contributed by atoms with E-state index in [2.05, 4.69) is 5.32 Å². The minimum atomic E-state index is -4.04. The second-order valence-electron chi connectivity index (χ2n) is 7.85. The summed E-state index contributed by atoms with van der Waals surface area (Å²) in [6, 6.07) is 8.41. The Bertz CT molecular complexity index is 1150. The second-order valence-corrected chi connectivity index (χ2v) is 10.1. The van der Waals surface area contributed by atoms with Gasteiger partial charge in [-0.2, -0.15) is 4.31 Å². The highest BCUT2D eigenvalue weighted by atomic mass is 35.5. The first-order chi connectivity index (χ1) is 15.0. The quantitative estimate of drug-likeness (QED) is 0.614. The molecule has 0 bridgehead atoms. The zero-order valence-corrected chi connectivity index (χ0v) is 19.5. The van der Waals surface area contributed by atoms with Crippen molar-refractivity contribution in [2.75, 3.05) is 18.5 Å². The van der Waals surface area contributed by atoms with E-state index >= 15 is 0 Å². The number of ether oxygens (including phenoxy) is 1. The van der Waals surface area contributed by atoms with Gasteiger partial charge in [0.2, 0.25) is 10.0 Å². The van der Waals surface area contributed by atoms with Gasteiger partial charge < -0.3 is 15.2 Å². The average Bonchev–Trinajstić information content (AvgIpc) is 3.13. The number of nitrogens with one attached hydrogen (secondary N) is 1. The van der Waals surface area contributed by atoms with Crippen LogP contribution in [0, 0.1) is 20.8 Å². The van der Waals surface area contributed by atoms with Crippen molar-refractivity contribution in [3.8, 4) is 0 Å². The third-order valence-electron chi connectivity index (χ3n) is 5.39. The SMILES string of the molecule is Cc1ccc(S(=O)(=O)N2CC(O)CC2C(=O)OCC(=O)Nc2ccc(C)c(Cl)c2)cc1C. The molecule has 1 amide bonds. The van der Waals surface area contributed by atoms with E-state index in [1.54, 1.807) is 31.2 Å². The molecular weight excluding hydrogens is 456 g/mol. The Morgan fingerprint density at radius 1 is 1.12 bits per heavy atom. The molecule has 1 saturated heterocycles. The third-order valence-corrected chi connectivity index (χ3v) is 7.67. The number of hydrogen-bond acceptors (Lipinski definition) is 6. The van der Waals surface area contributed by atoms with Crippen LogP contribution >= 0.6 is 11.6 Å². The second kappa shape index (κ2) is 9.58. The fourth-order valence-electron chi connectivity index (χ4n) is 3.37. The fourth-order valence-corrected chi connectivity index (χ4v) is 5.27. The minimum Gasteiger partial charge on any atom is -0.454 e. The number of carbonyl (C=O) groups excluding carboxylic acids is 2. The fraction of sp³-hybridized carbons (Fsp3) is 0.364. The van der Waals surface area contributed by atoms with Gasteiger partial charge in [0.25, 0.3) is 5.91 Å². The van der Waals surface area contributed by atoms with Gasteiger partial charge in [0, 0.05) is 23.7 Å². The zero-order chi connectivity index (χ0) is 23.6. The van der Waals surface area contributed by atoms with Crippen LogP contribution in [0.3, 0.4) is 0 Å². The lowest BCUT2D eigenvalue weighted by Gasteiger charge is -2.22. The molecule has 8 nitrogen and oxygen atoms in total. The van der Waals surface area contributed by atoms with E-state index < -0.39 is 40.7 Å². The van der Waals surface area contributed by atoms with Crippen LogP contribution < -0.4 is 5.32 Å². The number of aryl methyl sites for hydroxylation is 3. The molecule has 172 valence electrons. The lowest BCUT2D eigenvalue weighted by molar-refractivity contribution is -0.150. The number of sulfonamides is 1. The van der Waals surface area contributed by atoms with Crippen molar-refractivity contribution in [1.29, 1.82) is 0 Å². The molecule has 3 rings (SSSR count). The topological polar surface area (TPSA) is 113 Å². The van der Waals surface area contributed by atoms with E-state index in [0.29, 0.717) is 10.7 Å². The van der Waals surface area contributed by atoms with Crippen LogP contribution in [0.5, 0.6) is 0 Å². The Balaban J connectivity index is 1.68. The maximum atomic E-state index is 13.1. The maximum Gasteiger partial charge on any atom is 0.325 e. The molecule has 1 aliphatic heterocycles. The van der Waals surface area contributed by atoms with Crippen molar-refractivity contribution < 1.29 is 27.9 Å². The van der Waals surface area contributed by atoms with E-state index in [-0.39, 0.29) is 17.9 Å². The van der Waals surface area contributed by atoms with Crippen LogP contribution in [-0.2, 0) is 24.3 Å². The molecule has 2 aromatic carbocycles. The van der Waals surface area contributed by atoms with E-state index in [0.717, 1.165) is 21.0 Å². The van der Waals surface area contributed by atoms with Gasteiger partial charge in [-0.15, -0.1) is 0 Å². The van der Waals surface area contributed by atoms with Crippen LogP contribution in [0.4, 0.5) is 5.69 Å². The molecule has 0 aromatic heterocycles. The predicted octanol–water partition coefficient (Wildman–Crippen LogP) is 2.57. The number of rotatable bonds is 6. The molecule has 2 atom stereocenters. The Morgan fingerprint density at radius 2 is 1.81 bits per heavy atom. The Morgan fingerprint density at radius 3 is 2.47 bits per heavy atom. The molecule has 2 N–H and O–H groups in total. The van der Waals surface area contributed by atoms with Crippen molar-refractivity contribution in [2.24, 2.45) is 0 Å². The highest BCUT2D eigenvalue weighted by molar-refractivity contribution is 7.89. The van der Waals surface area contributed by atoms with Crippen LogP contribution in [0.25, 0.3) is 0 Å². The summed E-state index contributed by atoms with van der Waals surface area (Å²) in [6.07, 6.45) is -1.13. The van der Waals surface area contributed by atoms with Gasteiger partial charge in [0.05, 0.1) is 11.0 Å². The van der Waals surface area contributed by atoms with Crippen molar-refractivity contribution in [3.05, 3.63) is 58.1 Å². The summed E-state index contributed by atoms with van der Waals surface area (Å²) in [5.74, 6) is -1.49. The number of nitrogens with zero attached hydrogens (tertiary/aromatic N) is 1. The number of aliphatic hydroxyl groups excluding tert-OH is 1. The highest BCUT2D eigenvalue weighted by Crippen LogP contribution is 2.28. The van der Waals surface area contributed by atoms with Crippen molar-refractivity contribution >= 4 is 39.2 Å². The van der Waals surface area contributed by atoms with E-state index in [1.807, 2.05) is 13.8 Å². The molecule has 10 heteroatoms. The van der Waals surface area contributed by atoms with Crippen molar-refractivity contribution in [2.45, 2.75) is 44.2 Å². The number of halogens is 1. The first-order valence-electron chi connectivity index (χ1n) is 9.99. The summed E-state index contributed by atoms with van der Waals surface area (Å²) in [6.45, 7) is 4.64. The Labute approximate surface area is 192 Å². The number of benzene rings is 2. The molecule has 0 aliphatic carbocycles. The number of hydrogen-bond donors (Lipinski definition) is 2. The summed E-state index contributed by atoms with van der Waals surface area (Å²) in [7, 11) is -4.04. The number of aliphatic hydroxyl groups is 1. The lowest BCUT2D eigenvalue weighted by atomic mass is 10.1. The summed E-state index contributed by atoms with van der Waals surface area (Å²) >= 11 is 6.03. The van der Waals surface area contributed by atoms with Gasteiger partial charge in [0.1, 0.15) is 6.04 Å². The molecule has 0 spiro atoms. The molecule has 32 heavy (non-hydrogen) atoms. The van der Waals surface area contributed by atoms with Crippen LogP contribution in [0.2, 0.25) is 5.02 Å². The van der Waals surface area contributed by atoms with Crippen LogP contribution in [0.15, 0.2) is 41.3 Å². The average molecular weight is 481 g/mol. The molecule has 2 aromatic rings. The largest absolute Gasteiger partial charge is 0.454 e. The smallest absolute Gasteiger partial charge is 0.325 e. The number of esters is 1. The minimum absolute atomic E-state index is 0.0292. The van der Waals surface area contributed by atoms with Gasteiger partial charge in [-0.1, -0.05) is 23.7 Å². The van der Waals surface area contributed by atoms with Crippen LogP contribution in [-0.4, -0.2) is 55.0 Å². The molecule has 0 saturated carbocycles. The first-order valence-corrected chi connectivity index (χ1v) is 11.8. The van der Waals surface area contributed by atoms with Gasteiger partial charge in [0.15, 0.2) is 6.61 Å². The van der Waals surface area contributed by atoms with Crippen LogP contribution in [0.1, 0.15) is 23.1 Å². The monoisotopic (exact) mass is 480 g/mol. The molecule has 0 radical (unpaired) electrons. The molecule has 1 aliphatic rings. The number of β-amino-alcohol motifs (C(OH)–C–C–N with tert-alkyl or cyclic N) is 1. The molecule has 1 heterocycles. The maximum absolute atomic E-state index is 13.1. The number of amides is 1. The Kier molecular flexibility index (Phi) is 7.24. The van der Waals surface area contributed by atoms with Gasteiger partial charge in [-0.3, -0.25) is 9.59 Å². The third kappa shape index (κ3) is 5.29. The summed E-state index contributed by atoms with van der Waals surface area (Å²) in [5, 5.41) is 13.1. The normalized spacial score (nSPS) is 19.0. The summed E-state index contributed by atoms with van der Waals surface area (Å²) in [4.78, 5) is 24.8. The Hall–Kier alpha value is -2.46. The van der Waals surface area contributed by atoms with E-state index in [4.69, 9.17) is 16.3 Å². The van der Waals surface area contributed by atoms with Gasteiger partial charge in [-0.25, -0.2) is 8.42 Å². The molecular formula is C22H25ClN2O6S.